The number of amides is 1. The summed E-state index contributed by atoms with van der Waals surface area (Å²) in [5.41, 5.74) is 2.15. The number of methoxy groups -OCH3 is 3. The molecule has 0 aliphatic heterocycles. The zero-order chi connectivity index (χ0) is 18.7. The van der Waals surface area contributed by atoms with E-state index in [0.717, 1.165) is 5.56 Å². The largest absolute Gasteiger partial charge is 0.493 e. The minimum absolute atomic E-state index is 0.00288. The molecule has 6 nitrogen and oxygen atoms in total. The van der Waals surface area contributed by atoms with Crippen LogP contribution in [0.3, 0.4) is 0 Å². The van der Waals surface area contributed by atoms with Crippen molar-refractivity contribution in [2.24, 2.45) is 5.92 Å². The smallest absolute Gasteiger partial charge is 0.228 e. The highest BCUT2D eigenvalue weighted by Crippen LogP contribution is 2.40. The summed E-state index contributed by atoms with van der Waals surface area (Å²) in [5.74, 6) is 0.740. The average molecular weight is 355 g/mol. The number of rotatable bonds is 5. The average Bonchev–Trinajstić information content (AvgIpc) is 2.67. The zero-order valence-electron chi connectivity index (χ0n) is 15.0. The van der Waals surface area contributed by atoms with Crippen molar-refractivity contribution < 1.29 is 23.8 Å². The molecule has 0 aromatic heterocycles. The third kappa shape index (κ3) is 3.35. The van der Waals surface area contributed by atoms with Crippen molar-refractivity contribution >= 4 is 17.4 Å². The minimum atomic E-state index is -0.406. The van der Waals surface area contributed by atoms with E-state index in [2.05, 4.69) is 5.32 Å². The number of benzene rings is 2. The fourth-order valence-electron chi connectivity index (χ4n) is 3.22. The number of hydrogen-bond donors (Lipinski definition) is 1. The Kier molecular flexibility index (Phi) is 5.11. The Bertz CT molecular complexity index is 821. The van der Waals surface area contributed by atoms with Gasteiger partial charge in [0.1, 0.15) is 0 Å². The lowest BCUT2D eigenvalue weighted by Gasteiger charge is -2.23. The van der Waals surface area contributed by atoms with Gasteiger partial charge >= 0.3 is 0 Å². The van der Waals surface area contributed by atoms with Gasteiger partial charge in [0.25, 0.3) is 0 Å². The normalized spacial score (nSPS) is 15.8. The highest BCUT2D eigenvalue weighted by molar-refractivity contribution is 6.04. The third-order valence-corrected chi connectivity index (χ3v) is 4.52. The van der Waals surface area contributed by atoms with E-state index >= 15 is 0 Å². The van der Waals surface area contributed by atoms with Gasteiger partial charge in [0.2, 0.25) is 11.7 Å². The second-order valence-electron chi connectivity index (χ2n) is 6.09. The summed E-state index contributed by atoms with van der Waals surface area (Å²) in [4.78, 5) is 25.0. The van der Waals surface area contributed by atoms with Gasteiger partial charge in [-0.15, -0.1) is 0 Å². The zero-order valence-corrected chi connectivity index (χ0v) is 15.0. The second kappa shape index (κ2) is 7.47. The SMILES string of the molecule is COc1cc(NC(=O)C2CC(=O)c3ccccc3C2)cc(OC)c1OC. The van der Waals surface area contributed by atoms with Gasteiger partial charge in [-0.05, 0) is 12.0 Å². The van der Waals surface area contributed by atoms with E-state index in [1.54, 1.807) is 12.1 Å². The monoisotopic (exact) mass is 355 g/mol. The first-order valence-electron chi connectivity index (χ1n) is 8.29. The van der Waals surface area contributed by atoms with Crippen LogP contribution >= 0.6 is 0 Å². The van der Waals surface area contributed by atoms with Crippen LogP contribution in [0.25, 0.3) is 0 Å². The minimum Gasteiger partial charge on any atom is -0.493 e. The van der Waals surface area contributed by atoms with Gasteiger partial charge in [-0.25, -0.2) is 0 Å². The molecule has 0 saturated carbocycles. The number of ketones is 1. The van der Waals surface area contributed by atoms with Gasteiger partial charge in [-0.1, -0.05) is 24.3 Å². The molecule has 2 aromatic rings. The van der Waals surface area contributed by atoms with Crippen LogP contribution in [0, 0.1) is 5.92 Å². The van der Waals surface area contributed by atoms with Crippen LogP contribution in [0.15, 0.2) is 36.4 Å². The van der Waals surface area contributed by atoms with E-state index in [0.29, 0.717) is 34.9 Å². The first-order chi connectivity index (χ1) is 12.6. The summed E-state index contributed by atoms with van der Waals surface area (Å²) in [7, 11) is 4.54. The number of Topliss-reactive ketones (excluding diaryl/α,β-unsaturated/α-hetero) is 1. The van der Waals surface area contributed by atoms with E-state index in [1.807, 2.05) is 24.3 Å². The predicted molar refractivity (Wildman–Crippen MR) is 97.3 cm³/mol. The Hall–Kier alpha value is -3.02. The van der Waals surface area contributed by atoms with E-state index in [9.17, 15) is 9.59 Å². The topological polar surface area (TPSA) is 73.9 Å². The van der Waals surface area contributed by atoms with Crippen LogP contribution in [0.1, 0.15) is 22.3 Å². The van der Waals surface area contributed by atoms with Crippen molar-refractivity contribution in [3.8, 4) is 17.2 Å². The molecule has 136 valence electrons. The Morgan fingerprint density at radius 1 is 1.00 bits per heavy atom. The van der Waals surface area contributed by atoms with E-state index in [4.69, 9.17) is 14.2 Å². The number of carbonyl (C=O) groups excluding carboxylic acids is 2. The molecule has 1 unspecified atom stereocenters. The standard InChI is InChI=1S/C20H21NO5/c1-24-17-10-14(11-18(25-2)19(17)26-3)21-20(23)13-8-12-6-4-5-7-15(12)16(22)9-13/h4-7,10-11,13H,8-9H2,1-3H3,(H,21,23). The van der Waals surface area contributed by atoms with Gasteiger partial charge in [0.15, 0.2) is 17.3 Å². The lowest BCUT2D eigenvalue weighted by atomic mass is 9.82. The van der Waals surface area contributed by atoms with Crippen molar-refractivity contribution in [1.29, 1.82) is 0 Å². The molecule has 1 amide bonds. The Labute approximate surface area is 152 Å². The molecule has 3 rings (SSSR count). The molecule has 0 bridgehead atoms. The molecule has 2 aromatic carbocycles. The van der Waals surface area contributed by atoms with Crippen molar-refractivity contribution in [2.75, 3.05) is 26.6 Å². The summed E-state index contributed by atoms with van der Waals surface area (Å²) in [6, 6.07) is 10.8. The number of carbonyl (C=O) groups is 2. The molecule has 1 atom stereocenters. The molecular formula is C20H21NO5. The van der Waals surface area contributed by atoms with E-state index in [1.165, 1.54) is 21.3 Å². The molecule has 0 radical (unpaired) electrons. The van der Waals surface area contributed by atoms with Crippen LogP contribution in [-0.2, 0) is 11.2 Å². The lowest BCUT2D eigenvalue weighted by Crippen LogP contribution is -2.30. The molecule has 0 heterocycles. The molecule has 1 aliphatic rings. The van der Waals surface area contributed by atoms with Gasteiger partial charge in [-0.3, -0.25) is 9.59 Å². The second-order valence-corrected chi connectivity index (χ2v) is 6.09. The molecule has 0 spiro atoms. The van der Waals surface area contributed by atoms with Crippen molar-refractivity contribution in [1.82, 2.24) is 0 Å². The van der Waals surface area contributed by atoms with Crippen LogP contribution in [0.2, 0.25) is 0 Å². The molecule has 0 saturated heterocycles. The quantitative estimate of drug-likeness (QED) is 0.892. The molecule has 26 heavy (non-hydrogen) atoms. The predicted octanol–water partition coefficient (Wildman–Crippen LogP) is 3.10. The third-order valence-electron chi connectivity index (χ3n) is 4.52. The highest BCUT2D eigenvalue weighted by Gasteiger charge is 2.30. The summed E-state index contributed by atoms with van der Waals surface area (Å²) in [6.07, 6.45) is 0.742. The fourth-order valence-corrected chi connectivity index (χ4v) is 3.22. The van der Waals surface area contributed by atoms with Crippen LogP contribution in [0.5, 0.6) is 17.2 Å². The number of fused-ring (bicyclic) bond motifs is 1. The summed E-state index contributed by atoms with van der Waals surface area (Å²) in [5, 5.41) is 2.86. The highest BCUT2D eigenvalue weighted by atomic mass is 16.5. The van der Waals surface area contributed by atoms with Crippen molar-refractivity contribution in [3.63, 3.8) is 0 Å². The Morgan fingerprint density at radius 2 is 1.65 bits per heavy atom. The summed E-state index contributed by atoms with van der Waals surface area (Å²) < 4.78 is 15.9. The fraction of sp³-hybridized carbons (Fsp3) is 0.300. The molecule has 1 aliphatic carbocycles. The van der Waals surface area contributed by atoms with Crippen LogP contribution in [-0.4, -0.2) is 33.0 Å². The number of ether oxygens (including phenoxy) is 3. The number of anilines is 1. The lowest BCUT2D eigenvalue weighted by molar-refractivity contribution is -0.119. The maximum absolute atomic E-state index is 12.7. The summed E-state index contributed by atoms with van der Waals surface area (Å²) >= 11 is 0. The van der Waals surface area contributed by atoms with Crippen LogP contribution < -0.4 is 19.5 Å². The molecular weight excluding hydrogens is 334 g/mol. The first-order valence-corrected chi connectivity index (χ1v) is 8.29. The molecule has 1 N–H and O–H groups in total. The van der Waals surface area contributed by atoms with Gasteiger partial charge in [0.05, 0.1) is 21.3 Å². The first kappa shape index (κ1) is 17.8. The van der Waals surface area contributed by atoms with E-state index in [-0.39, 0.29) is 18.1 Å². The number of nitrogens with one attached hydrogen (secondary N) is 1. The van der Waals surface area contributed by atoms with Gasteiger partial charge < -0.3 is 19.5 Å². The maximum Gasteiger partial charge on any atom is 0.228 e. The van der Waals surface area contributed by atoms with E-state index < -0.39 is 5.92 Å². The Balaban J connectivity index is 1.82. The Morgan fingerprint density at radius 3 is 2.27 bits per heavy atom. The van der Waals surface area contributed by atoms with Crippen molar-refractivity contribution in [2.45, 2.75) is 12.8 Å². The molecule has 0 fully saturated rings. The van der Waals surface area contributed by atoms with Crippen molar-refractivity contribution in [3.05, 3.63) is 47.5 Å². The summed E-state index contributed by atoms with van der Waals surface area (Å²) in [6.45, 7) is 0. The van der Waals surface area contributed by atoms with Crippen LogP contribution in [0.4, 0.5) is 5.69 Å². The number of hydrogen-bond acceptors (Lipinski definition) is 5. The van der Waals surface area contributed by atoms with Gasteiger partial charge in [-0.2, -0.15) is 0 Å². The maximum atomic E-state index is 12.7. The van der Waals surface area contributed by atoms with Gasteiger partial charge in [0, 0.05) is 35.7 Å². The molecule has 6 heteroatoms.